The van der Waals surface area contributed by atoms with E-state index in [1.807, 2.05) is 48.5 Å². The van der Waals surface area contributed by atoms with Crippen LogP contribution in [0.25, 0.3) is 0 Å². The Bertz CT molecular complexity index is 792. The van der Waals surface area contributed by atoms with Gasteiger partial charge in [0.25, 0.3) is 0 Å². The summed E-state index contributed by atoms with van der Waals surface area (Å²) in [5.41, 5.74) is 2.98. The van der Waals surface area contributed by atoms with E-state index in [1.54, 1.807) is 0 Å². The molecule has 0 spiro atoms. The largest absolute Gasteiger partial charge is 0.367 e. The summed E-state index contributed by atoms with van der Waals surface area (Å²) in [5, 5.41) is 14.2. The summed E-state index contributed by atoms with van der Waals surface area (Å²) in [4.78, 5) is 4.45. The number of nitrogens with one attached hydrogen (secondary N) is 1. The highest BCUT2D eigenvalue weighted by Crippen LogP contribution is 2.21. The van der Waals surface area contributed by atoms with Crippen molar-refractivity contribution in [2.75, 3.05) is 37.6 Å². The first-order chi connectivity index (χ1) is 12.7. The van der Waals surface area contributed by atoms with Crippen molar-refractivity contribution in [3.63, 3.8) is 0 Å². The maximum absolute atomic E-state index is 9.27. The van der Waals surface area contributed by atoms with Gasteiger partial charge in [0.05, 0.1) is 11.3 Å². The number of anilines is 1. The van der Waals surface area contributed by atoms with Gasteiger partial charge >= 0.3 is 0 Å². The van der Waals surface area contributed by atoms with Crippen LogP contribution in [0.15, 0.2) is 48.5 Å². The Morgan fingerprint density at radius 1 is 1.08 bits per heavy atom. The van der Waals surface area contributed by atoms with Crippen LogP contribution in [0.4, 0.5) is 5.69 Å². The van der Waals surface area contributed by atoms with Crippen molar-refractivity contribution < 1.29 is 0 Å². The molecule has 0 aromatic heterocycles. The predicted octanol–water partition coefficient (Wildman–Crippen LogP) is 3.45. The quantitative estimate of drug-likeness (QED) is 0.818. The molecule has 0 bridgehead atoms. The van der Waals surface area contributed by atoms with Crippen LogP contribution in [-0.2, 0) is 6.42 Å². The fraction of sp³-hybridized carbons (Fsp3) is 0.300. The summed E-state index contributed by atoms with van der Waals surface area (Å²) in [6, 6.07) is 17.9. The summed E-state index contributed by atoms with van der Waals surface area (Å²) in [6.07, 6.45) is 0.910. The van der Waals surface area contributed by atoms with Gasteiger partial charge in [-0.1, -0.05) is 35.9 Å². The number of rotatable bonds is 4. The second-order valence-corrected chi connectivity index (χ2v) is 7.03. The number of piperazine rings is 1. The van der Waals surface area contributed by atoms with Gasteiger partial charge in [-0.2, -0.15) is 5.26 Å². The molecule has 1 aliphatic heterocycles. The van der Waals surface area contributed by atoms with Gasteiger partial charge in [0.2, 0.25) is 0 Å². The third-order valence-electron chi connectivity index (χ3n) is 4.54. The minimum absolute atomic E-state index is 0.726. The topological polar surface area (TPSA) is 42.3 Å². The predicted molar refractivity (Wildman–Crippen MR) is 111 cm³/mol. The van der Waals surface area contributed by atoms with Gasteiger partial charge in [-0.05, 0) is 48.5 Å². The molecule has 3 rings (SSSR count). The van der Waals surface area contributed by atoms with Crippen LogP contribution in [0.1, 0.15) is 11.1 Å². The van der Waals surface area contributed by atoms with E-state index in [1.165, 1.54) is 5.56 Å². The van der Waals surface area contributed by atoms with Crippen LogP contribution in [0.3, 0.4) is 0 Å². The molecule has 0 atom stereocenters. The molecule has 26 heavy (non-hydrogen) atoms. The monoisotopic (exact) mass is 384 g/mol. The lowest BCUT2D eigenvalue weighted by atomic mass is 10.1. The Labute approximate surface area is 165 Å². The minimum Gasteiger partial charge on any atom is -0.367 e. The second-order valence-electron chi connectivity index (χ2n) is 6.21. The van der Waals surface area contributed by atoms with Gasteiger partial charge in [-0.3, -0.25) is 0 Å². The number of halogens is 1. The Morgan fingerprint density at radius 3 is 2.46 bits per heavy atom. The average molecular weight is 385 g/mol. The molecular weight excluding hydrogens is 364 g/mol. The zero-order valence-corrected chi connectivity index (χ0v) is 16.1. The van der Waals surface area contributed by atoms with Crippen LogP contribution in [0.5, 0.6) is 0 Å². The number of hydrogen-bond donors (Lipinski definition) is 1. The Balaban J connectivity index is 1.46. The zero-order valence-electron chi connectivity index (χ0n) is 14.5. The van der Waals surface area contributed by atoms with Gasteiger partial charge in [0, 0.05) is 37.7 Å². The molecule has 1 saturated heterocycles. The van der Waals surface area contributed by atoms with Crippen molar-refractivity contribution in [3.05, 3.63) is 64.7 Å². The molecule has 1 N–H and O–H groups in total. The van der Waals surface area contributed by atoms with Crippen molar-refractivity contribution in [3.8, 4) is 6.07 Å². The Kier molecular flexibility index (Phi) is 6.32. The van der Waals surface area contributed by atoms with E-state index in [0.717, 1.165) is 60.5 Å². The maximum atomic E-state index is 9.27. The molecule has 2 aromatic carbocycles. The summed E-state index contributed by atoms with van der Waals surface area (Å²) in [6.45, 7) is 4.23. The molecule has 0 amide bonds. The maximum Gasteiger partial charge on any atom is 0.169 e. The molecule has 6 heteroatoms. The first-order valence-corrected chi connectivity index (χ1v) is 9.47. The summed E-state index contributed by atoms with van der Waals surface area (Å²) >= 11 is 11.4. The SMILES string of the molecule is N#Cc1ccccc1N1CCN(C(=S)NCCc2ccc(Cl)cc2)CC1. The fourth-order valence-corrected chi connectivity index (χ4v) is 3.48. The number of thiocarbonyl (C=S) groups is 1. The zero-order chi connectivity index (χ0) is 18.4. The van der Waals surface area contributed by atoms with Gasteiger partial charge in [-0.15, -0.1) is 0 Å². The standard InChI is InChI=1S/C20H21ClN4S/c21-18-7-5-16(6-8-18)9-10-23-20(26)25-13-11-24(12-14-25)19-4-2-1-3-17(19)15-22/h1-8H,9-14H2,(H,23,26). The minimum atomic E-state index is 0.726. The van der Waals surface area contributed by atoms with E-state index < -0.39 is 0 Å². The molecular formula is C20H21ClN4S. The number of nitriles is 1. The smallest absolute Gasteiger partial charge is 0.169 e. The molecule has 0 radical (unpaired) electrons. The molecule has 1 aliphatic rings. The van der Waals surface area contributed by atoms with Crippen molar-refractivity contribution in [2.24, 2.45) is 0 Å². The first-order valence-electron chi connectivity index (χ1n) is 8.68. The summed E-state index contributed by atoms with van der Waals surface area (Å²) < 4.78 is 0. The third-order valence-corrected chi connectivity index (χ3v) is 5.19. The Hall–Kier alpha value is -2.29. The van der Waals surface area contributed by atoms with Crippen molar-refractivity contribution >= 4 is 34.6 Å². The number of hydrogen-bond acceptors (Lipinski definition) is 3. The lowest BCUT2D eigenvalue weighted by molar-refractivity contribution is 0.380. The van der Waals surface area contributed by atoms with Crippen molar-refractivity contribution in [1.82, 2.24) is 10.2 Å². The van der Waals surface area contributed by atoms with Crippen molar-refractivity contribution in [2.45, 2.75) is 6.42 Å². The van der Waals surface area contributed by atoms with Gasteiger partial charge in [0.15, 0.2) is 5.11 Å². The highest BCUT2D eigenvalue weighted by Gasteiger charge is 2.20. The van der Waals surface area contributed by atoms with Crippen molar-refractivity contribution in [1.29, 1.82) is 5.26 Å². The summed E-state index contributed by atoms with van der Waals surface area (Å²) in [5.74, 6) is 0. The molecule has 0 saturated carbocycles. The van der Waals surface area contributed by atoms with Crippen LogP contribution in [0.2, 0.25) is 5.02 Å². The molecule has 0 unspecified atom stereocenters. The highest BCUT2D eigenvalue weighted by atomic mass is 35.5. The third kappa shape index (κ3) is 4.66. The number of para-hydroxylation sites is 1. The average Bonchev–Trinajstić information content (AvgIpc) is 2.69. The molecule has 0 aliphatic carbocycles. The normalized spacial score (nSPS) is 14.0. The fourth-order valence-electron chi connectivity index (χ4n) is 3.07. The molecule has 134 valence electrons. The van der Waals surface area contributed by atoms with Gasteiger partial charge in [-0.25, -0.2) is 0 Å². The van der Waals surface area contributed by atoms with E-state index in [4.69, 9.17) is 23.8 Å². The van der Waals surface area contributed by atoms with E-state index in [-0.39, 0.29) is 0 Å². The van der Waals surface area contributed by atoms with Crippen LogP contribution in [-0.4, -0.2) is 42.7 Å². The molecule has 4 nitrogen and oxygen atoms in total. The molecule has 1 heterocycles. The van der Waals surface area contributed by atoms with Gasteiger partial charge < -0.3 is 15.1 Å². The Morgan fingerprint density at radius 2 is 1.77 bits per heavy atom. The van der Waals surface area contributed by atoms with E-state index in [9.17, 15) is 5.26 Å². The molecule has 1 fully saturated rings. The van der Waals surface area contributed by atoms with Gasteiger partial charge in [0.1, 0.15) is 6.07 Å². The number of benzene rings is 2. The van der Waals surface area contributed by atoms with E-state index in [2.05, 4.69) is 21.2 Å². The summed E-state index contributed by atoms with van der Waals surface area (Å²) in [7, 11) is 0. The number of nitrogens with zero attached hydrogens (tertiary/aromatic N) is 3. The lowest BCUT2D eigenvalue weighted by Gasteiger charge is -2.37. The van der Waals surface area contributed by atoms with Crippen LogP contribution < -0.4 is 10.2 Å². The highest BCUT2D eigenvalue weighted by molar-refractivity contribution is 7.80. The first kappa shape index (κ1) is 18.5. The van der Waals surface area contributed by atoms with E-state index >= 15 is 0 Å². The van der Waals surface area contributed by atoms with Crippen LogP contribution in [0, 0.1) is 11.3 Å². The van der Waals surface area contributed by atoms with Crippen LogP contribution >= 0.6 is 23.8 Å². The second kappa shape index (κ2) is 8.88. The molecule has 2 aromatic rings. The lowest BCUT2D eigenvalue weighted by Crippen LogP contribution is -2.52. The van der Waals surface area contributed by atoms with E-state index in [0.29, 0.717) is 0 Å².